The molecular formula is C18H19FN6O2. The van der Waals surface area contributed by atoms with Crippen LogP contribution in [-0.2, 0) is 4.79 Å². The molecule has 1 amide bonds. The van der Waals surface area contributed by atoms with Crippen molar-refractivity contribution >= 4 is 17.4 Å². The molecular weight excluding hydrogens is 351 g/mol. The molecule has 0 spiro atoms. The number of halogens is 1. The average Bonchev–Trinajstić information content (AvgIpc) is 3.08. The first-order valence-corrected chi connectivity index (χ1v) is 8.70. The smallest absolute Gasteiger partial charge is 0.260 e. The van der Waals surface area contributed by atoms with Crippen LogP contribution in [0.3, 0.4) is 0 Å². The van der Waals surface area contributed by atoms with Crippen molar-refractivity contribution in [1.82, 2.24) is 24.7 Å². The van der Waals surface area contributed by atoms with E-state index in [1.807, 2.05) is 19.1 Å². The fourth-order valence-electron chi connectivity index (χ4n) is 3.01. The van der Waals surface area contributed by atoms with E-state index in [-0.39, 0.29) is 18.3 Å². The minimum atomic E-state index is -0.335. The first kappa shape index (κ1) is 17.2. The van der Waals surface area contributed by atoms with E-state index in [2.05, 4.69) is 20.2 Å². The highest BCUT2D eigenvalue weighted by Crippen LogP contribution is 2.15. The Morgan fingerprint density at radius 2 is 1.81 bits per heavy atom. The van der Waals surface area contributed by atoms with Gasteiger partial charge in [-0.2, -0.15) is 4.52 Å². The Hall–Kier alpha value is -3.23. The SMILES string of the molecule is Cc1nnc2ccc(N3CCN(C(=O)COc4ccc(F)cc4)CC3)nn12. The highest BCUT2D eigenvalue weighted by molar-refractivity contribution is 5.78. The van der Waals surface area contributed by atoms with E-state index >= 15 is 0 Å². The summed E-state index contributed by atoms with van der Waals surface area (Å²) in [5.41, 5.74) is 0.711. The summed E-state index contributed by atoms with van der Waals surface area (Å²) in [6, 6.07) is 9.43. The first-order chi connectivity index (χ1) is 13.1. The topological polar surface area (TPSA) is 75.9 Å². The molecule has 0 aliphatic carbocycles. The summed E-state index contributed by atoms with van der Waals surface area (Å²) in [5, 5.41) is 12.6. The third kappa shape index (κ3) is 3.67. The number of carbonyl (C=O) groups excluding carboxylic acids is 1. The van der Waals surface area contributed by atoms with Gasteiger partial charge >= 0.3 is 0 Å². The van der Waals surface area contributed by atoms with Gasteiger partial charge in [0.25, 0.3) is 5.91 Å². The normalized spacial score (nSPS) is 14.6. The lowest BCUT2D eigenvalue weighted by atomic mass is 10.3. The molecule has 8 nitrogen and oxygen atoms in total. The van der Waals surface area contributed by atoms with Gasteiger partial charge in [-0.05, 0) is 43.3 Å². The van der Waals surface area contributed by atoms with Gasteiger partial charge in [0, 0.05) is 26.2 Å². The highest BCUT2D eigenvalue weighted by Gasteiger charge is 2.22. The minimum Gasteiger partial charge on any atom is -0.484 e. The molecule has 9 heteroatoms. The van der Waals surface area contributed by atoms with Gasteiger partial charge in [-0.15, -0.1) is 15.3 Å². The zero-order valence-corrected chi connectivity index (χ0v) is 14.9. The lowest BCUT2D eigenvalue weighted by Crippen LogP contribution is -2.50. The van der Waals surface area contributed by atoms with Crippen LogP contribution in [0.1, 0.15) is 5.82 Å². The molecule has 1 saturated heterocycles. The van der Waals surface area contributed by atoms with E-state index in [4.69, 9.17) is 4.74 Å². The standard InChI is InChI=1S/C18H19FN6O2/c1-13-20-21-16-6-7-17(22-25(13)16)23-8-10-24(11-9-23)18(26)12-27-15-4-2-14(19)3-5-15/h2-7H,8-12H2,1H3. The third-order valence-electron chi connectivity index (χ3n) is 4.54. The Labute approximate surface area is 155 Å². The highest BCUT2D eigenvalue weighted by atomic mass is 19.1. The molecule has 0 unspecified atom stereocenters. The maximum Gasteiger partial charge on any atom is 0.260 e. The second-order valence-corrected chi connectivity index (χ2v) is 6.32. The fraction of sp³-hybridized carbons (Fsp3) is 0.333. The number of ether oxygens (including phenoxy) is 1. The number of anilines is 1. The molecule has 0 N–H and O–H groups in total. The van der Waals surface area contributed by atoms with Crippen LogP contribution in [0.5, 0.6) is 5.75 Å². The molecule has 1 aliphatic rings. The molecule has 1 aromatic carbocycles. The number of carbonyl (C=O) groups is 1. The van der Waals surface area contributed by atoms with Crippen molar-refractivity contribution in [2.75, 3.05) is 37.7 Å². The van der Waals surface area contributed by atoms with E-state index in [1.165, 1.54) is 24.3 Å². The lowest BCUT2D eigenvalue weighted by molar-refractivity contribution is -0.133. The lowest BCUT2D eigenvalue weighted by Gasteiger charge is -2.35. The third-order valence-corrected chi connectivity index (χ3v) is 4.54. The van der Waals surface area contributed by atoms with Crippen LogP contribution in [0.25, 0.3) is 5.65 Å². The molecule has 4 rings (SSSR count). The van der Waals surface area contributed by atoms with Gasteiger partial charge in [-0.25, -0.2) is 4.39 Å². The molecule has 27 heavy (non-hydrogen) atoms. The molecule has 1 aliphatic heterocycles. The van der Waals surface area contributed by atoms with E-state index in [0.717, 1.165) is 11.6 Å². The molecule has 1 fully saturated rings. The van der Waals surface area contributed by atoms with Gasteiger partial charge in [-0.1, -0.05) is 0 Å². The zero-order chi connectivity index (χ0) is 18.8. The molecule has 0 saturated carbocycles. The van der Waals surface area contributed by atoms with Crippen molar-refractivity contribution in [3.8, 4) is 5.75 Å². The molecule has 3 aromatic rings. The molecule has 140 valence electrons. The van der Waals surface area contributed by atoms with Crippen LogP contribution in [0.4, 0.5) is 10.2 Å². The van der Waals surface area contributed by atoms with E-state index < -0.39 is 0 Å². The molecule has 0 radical (unpaired) electrons. The molecule has 0 atom stereocenters. The van der Waals surface area contributed by atoms with Crippen molar-refractivity contribution in [1.29, 1.82) is 0 Å². The number of piperazine rings is 1. The number of hydrogen-bond acceptors (Lipinski definition) is 6. The first-order valence-electron chi connectivity index (χ1n) is 8.70. The fourth-order valence-corrected chi connectivity index (χ4v) is 3.01. The van der Waals surface area contributed by atoms with Crippen LogP contribution in [0.2, 0.25) is 0 Å². The predicted molar refractivity (Wildman–Crippen MR) is 96.2 cm³/mol. The Morgan fingerprint density at radius 1 is 1.07 bits per heavy atom. The van der Waals surface area contributed by atoms with Gasteiger partial charge in [-0.3, -0.25) is 4.79 Å². The van der Waals surface area contributed by atoms with Gasteiger partial charge in [0.1, 0.15) is 17.4 Å². The second-order valence-electron chi connectivity index (χ2n) is 6.32. The Balaban J connectivity index is 1.33. The second kappa shape index (κ2) is 7.18. The Morgan fingerprint density at radius 3 is 2.56 bits per heavy atom. The van der Waals surface area contributed by atoms with Gasteiger partial charge < -0.3 is 14.5 Å². The van der Waals surface area contributed by atoms with Crippen molar-refractivity contribution in [2.45, 2.75) is 6.92 Å². The van der Waals surface area contributed by atoms with Gasteiger partial charge in [0.05, 0.1) is 0 Å². The summed E-state index contributed by atoms with van der Waals surface area (Å²) < 4.78 is 20.0. The van der Waals surface area contributed by atoms with E-state index in [0.29, 0.717) is 37.6 Å². The summed E-state index contributed by atoms with van der Waals surface area (Å²) in [6.45, 7) is 4.34. The zero-order valence-electron chi connectivity index (χ0n) is 14.9. The number of rotatable bonds is 4. The number of amides is 1. The number of fused-ring (bicyclic) bond motifs is 1. The summed E-state index contributed by atoms with van der Waals surface area (Å²) in [7, 11) is 0. The number of nitrogens with zero attached hydrogens (tertiary/aromatic N) is 6. The molecule has 2 aromatic heterocycles. The van der Waals surface area contributed by atoms with E-state index in [9.17, 15) is 9.18 Å². The van der Waals surface area contributed by atoms with Crippen molar-refractivity contribution in [3.05, 3.63) is 48.0 Å². The van der Waals surface area contributed by atoms with E-state index in [1.54, 1.807) is 9.42 Å². The Kier molecular flexibility index (Phi) is 4.57. The van der Waals surface area contributed by atoms with Crippen LogP contribution >= 0.6 is 0 Å². The molecule has 0 bridgehead atoms. The van der Waals surface area contributed by atoms with Crippen LogP contribution < -0.4 is 9.64 Å². The van der Waals surface area contributed by atoms with Crippen molar-refractivity contribution in [2.24, 2.45) is 0 Å². The van der Waals surface area contributed by atoms with Gasteiger partial charge in [0.15, 0.2) is 18.1 Å². The summed E-state index contributed by atoms with van der Waals surface area (Å²) in [5.74, 6) is 1.62. The van der Waals surface area contributed by atoms with Crippen molar-refractivity contribution in [3.63, 3.8) is 0 Å². The summed E-state index contributed by atoms with van der Waals surface area (Å²) in [4.78, 5) is 16.2. The maximum absolute atomic E-state index is 12.9. The number of benzene rings is 1. The Bertz CT molecular complexity index is 950. The minimum absolute atomic E-state index is 0.0598. The largest absolute Gasteiger partial charge is 0.484 e. The van der Waals surface area contributed by atoms with Gasteiger partial charge in [0.2, 0.25) is 0 Å². The maximum atomic E-state index is 12.9. The average molecular weight is 370 g/mol. The summed E-state index contributed by atoms with van der Waals surface area (Å²) >= 11 is 0. The monoisotopic (exact) mass is 370 g/mol. The number of hydrogen-bond donors (Lipinski definition) is 0. The van der Waals surface area contributed by atoms with Crippen LogP contribution in [0.15, 0.2) is 36.4 Å². The quantitative estimate of drug-likeness (QED) is 0.689. The molecule has 3 heterocycles. The predicted octanol–water partition coefficient (Wildman–Crippen LogP) is 1.30. The number of aryl methyl sites for hydroxylation is 1. The summed E-state index contributed by atoms with van der Waals surface area (Å²) in [6.07, 6.45) is 0. The van der Waals surface area contributed by atoms with Crippen molar-refractivity contribution < 1.29 is 13.9 Å². The van der Waals surface area contributed by atoms with Crippen LogP contribution in [-0.4, -0.2) is 63.4 Å². The number of aromatic nitrogens is 4. The van der Waals surface area contributed by atoms with Crippen LogP contribution in [0, 0.1) is 12.7 Å².